The van der Waals surface area contributed by atoms with Crippen molar-refractivity contribution in [1.29, 1.82) is 0 Å². The fourth-order valence-electron chi connectivity index (χ4n) is 3.68. The molecule has 0 aliphatic carbocycles. The molecular formula is C23H25ClF4N4O5S. The molecule has 38 heavy (non-hydrogen) atoms. The van der Waals surface area contributed by atoms with E-state index in [0.29, 0.717) is 32.0 Å². The Bertz CT molecular complexity index is 1360. The monoisotopic (exact) mass is 580 g/mol. The molecule has 9 nitrogen and oxygen atoms in total. The van der Waals surface area contributed by atoms with Crippen LogP contribution < -0.4 is 16.0 Å². The van der Waals surface area contributed by atoms with Crippen LogP contribution in [0, 0.1) is 5.82 Å². The first kappa shape index (κ1) is 29.6. The molecule has 1 aliphatic heterocycles. The van der Waals surface area contributed by atoms with Gasteiger partial charge in [0.15, 0.2) is 0 Å². The maximum atomic E-state index is 14.7. The fourth-order valence-corrected chi connectivity index (χ4v) is 4.74. The van der Waals surface area contributed by atoms with Crippen LogP contribution in [0.15, 0.2) is 27.8 Å². The van der Waals surface area contributed by atoms with Crippen molar-refractivity contribution in [1.82, 2.24) is 18.8 Å². The molecule has 1 N–H and O–H groups in total. The highest BCUT2D eigenvalue weighted by atomic mass is 35.5. The van der Waals surface area contributed by atoms with Crippen molar-refractivity contribution in [2.24, 2.45) is 7.05 Å². The number of benzene rings is 1. The smallest absolute Gasteiger partial charge is 0.431 e. The summed E-state index contributed by atoms with van der Waals surface area (Å²) in [5.41, 5.74) is -6.04. The molecule has 0 radical (unpaired) electrons. The number of likely N-dealkylation sites (tertiary alicyclic amines) is 1. The highest BCUT2D eigenvalue weighted by molar-refractivity contribution is 7.98. The van der Waals surface area contributed by atoms with E-state index in [1.54, 1.807) is 25.7 Å². The molecule has 0 spiro atoms. The van der Waals surface area contributed by atoms with Gasteiger partial charge in [-0.25, -0.2) is 18.5 Å². The molecule has 2 aromatic rings. The molecule has 15 heteroatoms. The number of amides is 2. The zero-order chi connectivity index (χ0) is 28.6. The van der Waals surface area contributed by atoms with Crippen molar-refractivity contribution < 1.29 is 31.9 Å². The largest absolute Gasteiger partial charge is 0.444 e. The Hall–Kier alpha value is -3.00. The van der Waals surface area contributed by atoms with Gasteiger partial charge in [0, 0.05) is 31.5 Å². The van der Waals surface area contributed by atoms with Crippen LogP contribution in [-0.4, -0.2) is 50.0 Å². The lowest BCUT2D eigenvalue weighted by atomic mass is 10.1. The molecule has 1 fully saturated rings. The van der Waals surface area contributed by atoms with Gasteiger partial charge in [-0.3, -0.25) is 18.9 Å². The number of ether oxygens (including phenoxy) is 1. The molecule has 1 aromatic carbocycles. The second-order valence-corrected chi connectivity index (χ2v) is 11.1. The third-order valence-electron chi connectivity index (χ3n) is 5.54. The lowest BCUT2D eigenvalue weighted by molar-refractivity contribution is -0.144. The molecule has 1 aliphatic rings. The first-order chi connectivity index (χ1) is 17.5. The van der Waals surface area contributed by atoms with Gasteiger partial charge in [-0.2, -0.15) is 13.2 Å². The minimum atomic E-state index is -4.99. The average Bonchev–Trinajstić information content (AvgIpc) is 2.79. The standard InChI is InChI=1S/C23H25ClF4N4O5S/c1-22(2,3)37-21(36)31-7-5-12(6-8-31)38-29-19(34)13-9-16(15(25)10-14(13)24)32-18(33)11-17(23(26,27)28)30(4)20(32)35/h9-12H,5-8H2,1-4H3,(H,29,34). The molecule has 0 bridgehead atoms. The van der Waals surface area contributed by atoms with Gasteiger partial charge in [0.2, 0.25) is 0 Å². The topological polar surface area (TPSA) is 103 Å². The summed E-state index contributed by atoms with van der Waals surface area (Å²) < 4.78 is 62.4. The van der Waals surface area contributed by atoms with E-state index in [0.717, 1.165) is 25.1 Å². The Morgan fingerprint density at radius 3 is 2.26 bits per heavy atom. The summed E-state index contributed by atoms with van der Waals surface area (Å²) in [6.07, 6.45) is -4.33. The molecule has 3 rings (SSSR count). The Balaban J connectivity index is 1.76. The fraction of sp³-hybridized carbons (Fsp3) is 0.478. The number of hydrogen-bond acceptors (Lipinski definition) is 6. The predicted molar refractivity (Wildman–Crippen MR) is 133 cm³/mol. The average molecular weight is 581 g/mol. The van der Waals surface area contributed by atoms with Gasteiger partial charge in [0.1, 0.15) is 17.1 Å². The van der Waals surface area contributed by atoms with Gasteiger partial charge in [0.25, 0.3) is 11.5 Å². The third-order valence-corrected chi connectivity index (χ3v) is 6.97. The maximum Gasteiger partial charge on any atom is 0.431 e. The Morgan fingerprint density at radius 1 is 1.11 bits per heavy atom. The molecule has 1 saturated heterocycles. The van der Waals surface area contributed by atoms with Crippen LogP contribution in [0.4, 0.5) is 22.4 Å². The predicted octanol–water partition coefficient (Wildman–Crippen LogP) is 4.13. The molecule has 2 amide bonds. The minimum absolute atomic E-state index is 0.0684. The number of rotatable bonds is 4. The van der Waals surface area contributed by atoms with Crippen molar-refractivity contribution in [2.45, 2.75) is 50.6 Å². The Morgan fingerprint density at radius 2 is 1.71 bits per heavy atom. The summed E-state index contributed by atoms with van der Waals surface area (Å²) in [5.74, 6) is -1.96. The third kappa shape index (κ3) is 6.70. The van der Waals surface area contributed by atoms with E-state index >= 15 is 0 Å². The molecule has 0 unspecified atom stereocenters. The van der Waals surface area contributed by atoms with Crippen molar-refractivity contribution in [3.8, 4) is 5.69 Å². The van der Waals surface area contributed by atoms with Crippen molar-refractivity contribution in [3.05, 3.63) is 61.1 Å². The maximum absolute atomic E-state index is 14.7. The van der Waals surface area contributed by atoms with E-state index in [-0.39, 0.29) is 31.0 Å². The normalized spacial score (nSPS) is 14.9. The van der Waals surface area contributed by atoms with Crippen LogP contribution in [0.3, 0.4) is 0 Å². The summed E-state index contributed by atoms with van der Waals surface area (Å²) in [7, 11) is 0.785. The van der Waals surface area contributed by atoms with E-state index in [2.05, 4.69) is 4.72 Å². The summed E-state index contributed by atoms with van der Waals surface area (Å²) >= 11 is 7.09. The Labute approximate surface area is 223 Å². The lowest BCUT2D eigenvalue weighted by Gasteiger charge is -2.33. The van der Waals surface area contributed by atoms with Crippen LogP contribution >= 0.6 is 23.5 Å². The summed E-state index contributed by atoms with van der Waals surface area (Å²) in [6.45, 7) is 6.11. The van der Waals surface area contributed by atoms with Crippen LogP contribution in [0.25, 0.3) is 5.69 Å². The summed E-state index contributed by atoms with van der Waals surface area (Å²) in [4.78, 5) is 51.5. The van der Waals surface area contributed by atoms with Crippen LogP contribution in [0.5, 0.6) is 0 Å². The molecule has 1 aromatic heterocycles. The summed E-state index contributed by atoms with van der Waals surface area (Å²) in [5, 5.41) is -0.401. The van der Waals surface area contributed by atoms with Gasteiger partial charge in [-0.05, 0) is 57.7 Å². The van der Waals surface area contributed by atoms with Crippen molar-refractivity contribution in [2.75, 3.05) is 13.1 Å². The van der Waals surface area contributed by atoms with Crippen molar-refractivity contribution in [3.63, 3.8) is 0 Å². The molecule has 0 saturated carbocycles. The number of carbonyl (C=O) groups excluding carboxylic acids is 2. The zero-order valence-corrected chi connectivity index (χ0v) is 22.4. The van der Waals surface area contributed by atoms with Gasteiger partial charge < -0.3 is 9.64 Å². The number of hydrogen-bond donors (Lipinski definition) is 1. The van der Waals surface area contributed by atoms with Gasteiger partial charge in [0.05, 0.1) is 16.3 Å². The van der Waals surface area contributed by atoms with E-state index in [1.165, 1.54) is 0 Å². The van der Waals surface area contributed by atoms with Crippen LogP contribution in [0.2, 0.25) is 5.02 Å². The Kier molecular flexibility index (Phi) is 8.56. The van der Waals surface area contributed by atoms with Gasteiger partial charge in [-0.1, -0.05) is 11.6 Å². The highest BCUT2D eigenvalue weighted by Gasteiger charge is 2.35. The number of nitrogens with zero attached hydrogens (tertiary/aromatic N) is 3. The molecule has 0 atom stereocenters. The second-order valence-electron chi connectivity index (χ2n) is 9.54. The van der Waals surface area contributed by atoms with E-state index in [9.17, 15) is 36.7 Å². The lowest BCUT2D eigenvalue weighted by Crippen LogP contribution is -2.42. The number of nitrogens with one attached hydrogen (secondary N) is 1. The van der Waals surface area contributed by atoms with E-state index in [4.69, 9.17) is 16.3 Å². The highest BCUT2D eigenvalue weighted by Crippen LogP contribution is 2.28. The van der Waals surface area contributed by atoms with Crippen LogP contribution in [0.1, 0.15) is 49.7 Å². The number of halogens is 5. The molecular weight excluding hydrogens is 556 g/mol. The van der Waals surface area contributed by atoms with Crippen molar-refractivity contribution >= 4 is 35.5 Å². The van der Waals surface area contributed by atoms with Gasteiger partial charge in [-0.15, -0.1) is 0 Å². The first-order valence-corrected chi connectivity index (χ1v) is 12.6. The number of carbonyl (C=O) groups is 2. The van der Waals surface area contributed by atoms with Gasteiger partial charge >= 0.3 is 18.0 Å². The molecule has 208 valence electrons. The summed E-state index contributed by atoms with van der Waals surface area (Å²) in [6, 6.07) is 1.68. The minimum Gasteiger partial charge on any atom is -0.444 e. The number of piperidine rings is 1. The zero-order valence-electron chi connectivity index (χ0n) is 20.8. The SMILES string of the molecule is Cn1c(C(F)(F)F)cc(=O)n(-c2cc(C(=O)NSC3CCN(C(=O)OC(C)(C)C)CC3)c(Cl)cc2F)c1=O. The second kappa shape index (κ2) is 11.0. The quantitative estimate of drug-likeness (QED) is 0.431. The number of aromatic nitrogens is 2. The number of alkyl halides is 3. The van der Waals surface area contributed by atoms with Crippen LogP contribution in [-0.2, 0) is 18.0 Å². The first-order valence-electron chi connectivity index (χ1n) is 11.3. The van der Waals surface area contributed by atoms with E-state index in [1.807, 2.05) is 0 Å². The van der Waals surface area contributed by atoms with E-state index < -0.39 is 52.2 Å². The molecule has 2 heterocycles.